The Morgan fingerprint density at radius 2 is 1.96 bits per heavy atom. The highest BCUT2D eigenvalue weighted by Gasteiger charge is 2.20. The predicted molar refractivity (Wildman–Crippen MR) is 116 cm³/mol. The average Bonchev–Trinajstić information content (AvgIpc) is 3.26. The van der Waals surface area contributed by atoms with Gasteiger partial charge in [0, 0.05) is 59.1 Å². The normalized spacial score (nSPS) is 15.1. The molecule has 27 heavy (non-hydrogen) atoms. The fraction of sp³-hybridized carbons (Fsp3) is 0.500. The van der Waals surface area contributed by atoms with Gasteiger partial charge in [-0.05, 0) is 43.0 Å². The summed E-state index contributed by atoms with van der Waals surface area (Å²) >= 11 is 1.81. The van der Waals surface area contributed by atoms with Crippen LogP contribution in [-0.2, 0) is 6.54 Å². The van der Waals surface area contributed by atoms with Crippen molar-refractivity contribution in [3.8, 4) is 0 Å². The summed E-state index contributed by atoms with van der Waals surface area (Å²) in [6, 6.07) is 8.57. The Morgan fingerprint density at radius 3 is 2.52 bits per heavy atom. The van der Waals surface area contributed by atoms with E-state index in [9.17, 15) is 0 Å². The number of thiophene rings is 1. The third kappa shape index (κ3) is 4.91. The van der Waals surface area contributed by atoms with Gasteiger partial charge in [-0.2, -0.15) is 0 Å². The molecular formula is C20H30N6S. The molecule has 0 aromatic carbocycles. The van der Waals surface area contributed by atoms with E-state index in [2.05, 4.69) is 73.5 Å². The molecule has 2 aromatic heterocycles. The zero-order valence-corrected chi connectivity index (χ0v) is 17.4. The van der Waals surface area contributed by atoms with Gasteiger partial charge in [0.15, 0.2) is 5.96 Å². The van der Waals surface area contributed by atoms with Crippen LogP contribution in [0.2, 0.25) is 0 Å². The standard InChI is InChI=1S/C20H30N6S/c1-4-24(5-2)18-9-8-17(15-22-18)16-23-20(21-3)26-12-10-25(11-13-26)19-7-6-14-27-19/h6-9,14-15H,4-5,10-13,16H2,1-3H3,(H,21,23). The summed E-state index contributed by atoms with van der Waals surface area (Å²) in [6.45, 7) is 11.0. The minimum atomic E-state index is 0.739. The highest BCUT2D eigenvalue weighted by atomic mass is 32.1. The van der Waals surface area contributed by atoms with Crippen molar-refractivity contribution in [1.29, 1.82) is 0 Å². The molecule has 0 radical (unpaired) electrons. The van der Waals surface area contributed by atoms with Crippen LogP contribution >= 0.6 is 11.3 Å². The molecule has 0 aliphatic carbocycles. The molecule has 0 saturated carbocycles. The van der Waals surface area contributed by atoms with E-state index in [1.165, 1.54) is 10.6 Å². The first kappa shape index (κ1) is 19.5. The van der Waals surface area contributed by atoms with Crippen LogP contribution < -0.4 is 15.1 Å². The van der Waals surface area contributed by atoms with Crippen molar-refractivity contribution in [3.63, 3.8) is 0 Å². The van der Waals surface area contributed by atoms with Gasteiger partial charge >= 0.3 is 0 Å². The van der Waals surface area contributed by atoms with E-state index >= 15 is 0 Å². The third-order valence-electron chi connectivity index (χ3n) is 4.96. The molecular weight excluding hydrogens is 356 g/mol. The van der Waals surface area contributed by atoms with Crippen LogP contribution in [0.4, 0.5) is 10.8 Å². The van der Waals surface area contributed by atoms with E-state index in [1.807, 2.05) is 24.6 Å². The maximum Gasteiger partial charge on any atom is 0.194 e. The molecule has 0 atom stereocenters. The molecule has 0 bridgehead atoms. The molecule has 2 aromatic rings. The zero-order chi connectivity index (χ0) is 19.1. The molecule has 6 nitrogen and oxygen atoms in total. The Balaban J connectivity index is 1.51. The Kier molecular flexibility index (Phi) is 6.92. The number of aromatic nitrogens is 1. The fourth-order valence-corrected chi connectivity index (χ4v) is 4.14. The van der Waals surface area contributed by atoms with Gasteiger partial charge in [-0.1, -0.05) is 6.07 Å². The summed E-state index contributed by atoms with van der Waals surface area (Å²) in [6.07, 6.45) is 1.96. The number of piperazine rings is 1. The van der Waals surface area contributed by atoms with Crippen LogP contribution in [0.25, 0.3) is 0 Å². The Bertz CT molecular complexity index is 701. The second kappa shape index (κ2) is 9.60. The highest BCUT2D eigenvalue weighted by Crippen LogP contribution is 2.22. The molecule has 7 heteroatoms. The van der Waals surface area contributed by atoms with Crippen LogP contribution in [0.15, 0.2) is 40.8 Å². The van der Waals surface area contributed by atoms with E-state index in [-0.39, 0.29) is 0 Å². The largest absolute Gasteiger partial charge is 0.360 e. The van der Waals surface area contributed by atoms with Gasteiger partial charge < -0.3 is 20.0 Å². The quantitative estimate of drug-likeness (QED) is 0.611. The molecule has 0 amide bonds. The van der Waals surface area contributed by atoms with Crippen molar-refractivity contribution >= 4 is 28.1 Å². The van der Waals surface area contributed by atoms with Crippen molar-refractivity contribution in [1.82, 2.24) is 15.2 Å². The third-order valence-corrected chi connectivity index (χ3v) is 5.89. The van der Waals surface area contributed by atoms with Gasteiger partial charge in [0.05, 0.1) is 5.00 Å². The molecule has 0 spiro atoms. The van der Waals surface area contributed by atoms with Gasteiger partial charge in [0.25, 0.3) is 0 Å². The van der Waals surface area contributed by atoms with Crippen molar-refractivity contribution in [2.24, 2.45) is 4.99 Å². The average molecular weight is 387 g/mol. The molecule has 0 unspecified atom stereocenters. The fourth-order valence-electron chi connectivity index (χ4n) is 3.36. The van der Waals surface area contributed by atoms with Gasteiger partial charge in [0.1, 0.15) is 5.82 Å². The maximum atomic E-state index is 4.60. The number of anilines is 2. The molecule has 3 heterocycles. The number of pyridine rings is 1. The van der Waals surface area contributed by atoms with Crippen LogP contribution in [0.1, 0.15) is 19.4 Å². The second-order valence-electron chi connectivity index (χ2n) is 6.52. The minimum absolute atomic E-state index is 0.739. The van der Waals surface area contributed by atoms with Crippen molar-refractivity contribution in [3.05, 3.63) is 41.4 Å². The van der Waals surface area contributed by atoms with E-state index < -0.39 is 0 Å². The summed E-state index contributed by atoms with van der Waals surface area (Å²) in [7, 11) is 1.86. The predicted octanol–water partition coefficient (Wildman–Crippen LogP) is 2.89. The van der Waals surface area contributed by atoms with Gasteiger partial charge in [-0.15, -0.1) is 11.3 Å². The zero-order valence-electron chi connectivity index (χ0n) is 16.6. The lowest BCUT2D eigenvalue weighted by atomic mass is 10.2. The van der Waals surface area contributed by atoms with E-state index in [0.29, 0.717) is 0 Å². The Labute approximate surface area is 166 Å². The SMILES string of the molecule is CCN(CC)c1ccc(CNC(=NC)N2CCN(c3cccs3)CC2)cn1. The van der Waals surface area contributed by atoms with E-state index in [0.717, 1.165) is 57.6 Å². The molecule has 1 fully saturated rings. The van der Waals surface area contributed by atoms with Gasteiger partial charge in [0.2, 0.25) is 0 Å². The van der Waals surface area contributed by atoms with E-state index in [1.54, 1.807) is 0 Å². The summed E-state index contributed by atoms with van der Waals surface area (Å²) in [5.74, 6) is 2.01. The topological polar surface area (TPSA) is 47.0 Å². The summed E-state index contributed by atoms with van der Waals surface area (Å²) in [4.78, 5) is 16.1. The van der Waals surface area contributed by atoms with Gasteiger partial charge in [-0.25, -0.2) is 4.98 Å². The maximum absolute atomic E-state index is 4.60. The van der Waals surface area contributed by atoms with Crippen molar-refractivity contribution in [2.45, 2.75) is 20.4 Å². The number of guanidine groups is 1. The summed E-state index contributed by atoms with van der Waals surface area (Å²) < 4.78 is 0. The number of nitrogens with one attached hydrogen (secondary N) is 1. The molecule has 3 rings (SSSR count). The lowest BCUT2D eigenvalue weighted by Crippen LogP contribution is -2.52. The minimum Gasteiger partial charge on any atom is -0.360 e. The van der Waals surface area contributed by atoms with E-state index in [4.69, 9.17) is 0 Å². The number of nitrogens with zero attached hydrogens (tertiary/aromatic N) is 5. The molecule has 1 aliphatic heterocycles. The Hall–Kier alpha value is -2.28. The lowest BCUT2D eigenvalue weighted by Gasteiger charge is -2.37. The first-order chi connectivity index (χ1) is 13.2. The van der Waals surface area contributed by atoms with Crippen molar-refractivity contribution < 1.29 is 0 Å². The van der Waals surface area contributed by atoms with Gasteiger partial charge in [-0.3, -0.25) is 4.99 Å². The van der Waals surface area contributed by atoms with Crippen molar-refractivity contribution in [2.75, 3.05) is 56.1 Å². The molecule has 1 N–H and O–H groups in total. The second-order valence-corrected chi connectivity index (χ2v) is 7.45. The van der Waals surface area contributed by atoms with Crippen LogP contribution in [-0.4, -0.2) is 62.2 Å². The monoisotopic (exact) mass is 386 g/mol. The number of rotatable bonds is 6. The van der Waals surface area contributed by atoms with Crippen LogP contribution in [0.5, 0.6) is 0 Å². The number of aliphatic imine (C=N–C) groups is 1. The van der Waals surface area contributed by atoms with Crippen LogP contribution in [0, 0.1) is 0 Å². The molecule has 1 saturated heterocycles. The summed E-state index contributed by atoms with van der Waals surface area (Å²) in [5, 5.41) is 6.99. The summed E-state index contributed by atoms with van der Waals surface area (Å²) in [5.41, 5.74) is 1.17. The lowest BCUT2D eigenvalue weighted by molar-refractivity contribution is 0.373. The van der Waals surface area contributed by atoms with Crippen LogP contribution in [0.3, 0.4) is 0 Å². The smallest absolute Gasteiger partial charge is 0.194 e. The Morgan fingerprint density at radius 1 is 1.19 bits per heavy atom. The first-order valence-electron chi connectivity index (χ1n) is 9.69. The molecule has 146 valence electrons. The number of hydrogen-bond donors (Lipinski definition) is 1. The number of hydrogen-bond acceptors (Lipinski definition) is 5. The highest BCUT2D eigenvalue weighted by molar-refractivity contribution is 7.14. The first-order valence-corrected chi connectivity index (χ1v) is 10.6. The molecule has 1 aliphatic rings.